The number of hydrogen-bond donors (Lipinski definition) is 3. The van der Waals surface area contributed by atoms with E-state index in [0.29, 0.717) is 6.04 Å². The molecule has 1 fully saturated rings. The van der Waals surface area contributed by atoms with E-state index in [2.05, 4.69) is 34.5 Å². The summed E-state index contributed by atoms with van der Waals surface area (Å²) in [5.41, 5.74) is 6.98. The van der Waals surface area contributed by atoms with Crippen LogP contribution in [0.4, 0.5) is 0 Å². The number of aromatic nitrogens is 1. The molecule has 4 heteroatoms. The zero-order valence-corrected chi connectivity index (χ0v) is 10.7. The van der Waals surface area contributed by atoms with Crippen molar-refractivity contribution < 1.29 is 0 Å². The molecule has 2 rings (SSSR count). The molecular formula is C13H24N4. The molecule has 0 saturated carbocycles. The molecule has 0 aliphatic carbocycles. The standard InChI is InChI=1S/C13H24N4/c1-15-13(12-2-6-16-10-12)11-3-7-17(8-4-11)9-5-14/h2,6,10-11,13,15-16H,3-5,7-9,14H2,1H3. The molecule has 0 amide bonds. The van der Waals surface area contributed by atoms with Crippen molar-refractivity contribution in [3.05, 3.63) is 24.0 Å². The highest BCUT2D eigenvalue weighted by molar-refractivity contribution is 5.15. The van der Waals surface area contributed by atoms with Crippen molar-refractivity contribution in [2.24, 2.45) is 11.7 Å². The number of rotatable bonds is 5. The number of nitrogens with one attached hydrogen (secondary N) is 2. The van der Waals surface area contributed by atoms with Crippen LogP contribution in [0.15, 0.2) is 18.5 Å². The molecular weight excluding hydrogens is 212 g/mol. The van der Waals surface area contributed by atoms with Crippen LogP contribution in [0.25, 0.3) is 0 Å². The quantitative estimate of drug-likeness (QED) is 0.713. The number of piperidine rings is 1. The monoisotopic (exact) mass is 236 g/mol. The molecule has 4 nitrogen and oxygen atoms in total. The van der Waals surface area contributed by atoms with Crippen LogP contribution in [-0.4, -0.2) is 43.1 Å². The Kier molecular flexibility index (Phi) is 4.59. The Hall–Kier alpha value is -0.840. The van der Waals surface area contributed by atoms with Gasteiger partial charge in [-0.1, -0.05) is 0 Å². The van der Waals surface area contributed by atoms with Crippen LogP contribution in [0.2, 0.25) is 0 Å². The topological polar surface area (TPSA) is 57.1 Å². The summed E-state index contributed by atoms with van der Waals surface area (Å²) in [5.74, 6) is 0.741. The Labute approximate surface area is 104 Å². The maximum absolute atomic E-state index is 5.60. The van der Waals surface area contributed by atoms with Gasteiger partial charge in [-0.3, -0.25) is 0 Å². The van der Waals surface area contributed by atoms with Crippen molar-refractivity contribution in [1.82, 2.24) is 15.2 Å². The number of likely N-dealkylation sites (tertiary alicyclic amines) is 1. The molecule has 1 atom stereocenters. The average molecular weight is 236 g/mol. The van der Waals surface area contributed by atoms with Gasteiger partial charge in [0.15, 0.2) is 0 Å². The molecule has 1 aliphatic rings. The van der Waals surface area contributed by atoms with Crippen LogP contribution >= 0.6 is 0 Å². The van der Waals surface area contributed by atoms with Crippen LogP contribution in [0.3, 0.4) is 0 Å². The number of H-pyrrole nitrogens is 1. The van der Waals surface area contributed by atoms with Gasteiger partial charge in [0.2, 0.25) is 0 Å². The van der Waals surface area contributed by atoms with E-state index in [4.69, 9.17) is 5.73 Å². The lowest BCUT2D eigenvalue weighted by Crippen LogP contribution is -2.40. The molecule has 0 bridgehead atoms. The molecule has 0 spiro atoms. The summed E-state index contributed by atoms with van der Waals surface area (Å²) in [4.78, 5) is 5.62. The molecule has 1 unspecified atom stereocenters. The van der Waals surface area contributed by atoms with Gasteiger partial charge in [0.1, 0.15) is 0 Å². The van der Waals surface area contributed by atoms with E-state index in [9.17, 15) is 0 Å². The van der Waals surface area contributed by atoms with Crippen molar-refractivity contribution in [1.29, 1.82) is 0 Å². The van der Waals surface area contributed by atoms with Crippen molar-refractivity contribution in [3.8, 4) is 0 Å². The van der Waals surface area contributed by atoms with Crippen molar-refractivity contribution in [2.75, 3.05) is 33.2 Å². The Morgan fingerprint density at radius 3 is 2.82 bits per heavy atom. The first-order valence-corrected chi connectivity index (χ1v) is 6.57. The third-order valence-electron chi connectivity index (χ3n) is 3.84. The van der Waals surface area contributed by atoms with Crippen molar-refractivity contribution in [3.63, 3.8) is 0 Å². The van der Waals surface area contributed by atoms with E-state index in [1.807, 2.05) is 6.20 Å². The third-order valence-corrected chi connectivity index (χ3v) is 3.84. The van der Waals surface area contributed by atoms with E-state index in [-0.39, 0.29) is 0 Å². The zero-order chi connectivity index (χ0) is 12.1. The first kappa shape index (κ1) is 12.6. The molecule has 1 aliphatic heterocycles. The summed E-state index contributed by atoms with van der Waals surface area (Å²) in [6.45, 7) is 4.19. The van der Waals surface area contributed by atoms with Gasteiger partial charge in [0.25, 0.3) is 0 Å². The molecule has 0 aromatic carbocycles. The summed E-state index contributed by atoms with van der Waals surface area (Å²) >= 11 is 0. The van der Waals surface area contributed by atoms with E-state index in [1.165, 1.54) is 31.5 Å². The van der Waals surface area contributed by atoms with Gasteiger partial charge in [-0.05, 0) is 50.5 Å². The fourth-order valence-electron chi connectivity index (χ4n) is 2.90. The van der Waals surface area contributed by atoms with Gasteiger partial charge in [-0.2, -0.15) is 0 Å². The van der Waals surface area contributed by atoms with Crippen molar-refractivity contribution in [2.45, 2.75) is 18.9 Å². The van der Waals surface area contributed by atoms with Gasteiger partial charge in [-0.25, -0.2) is 0 Å². The highest BCUT2D eigenvalue weighted by Crippen LogP contribution is 2.30. The zero-order valence-electron chi connectivity index (χ0n) is 10.7. The first-order chi connectivity index (χ1) is 8.35. The van der Waals surface area contributed by atoms with Gasteiger partial charge in [-0.15, -0.1) is 0 Å². The minimum Gasteiger partial charge on any atom is -0.367 e. The second kappa shape index (κ2) is 6.19. The van der Waals surface area contributed by atoms with Gasteiger partial charge in [0, 0.05) is 31.5 Å². The molecule has 4 N–H and O–H groups in total. The van der Waals surface area contributed by atoms with Crippen LogP contribution in [-0.2, 0) is 0 Å². The summed E-state index contributed by atoms with van der Waals surface area (Å²) in [6.07, 6.45) is 6.63. The summed E-state index contributed by atoms with van der Waals surface area (Å²) in [5, 5.41) is 3.46. The van der Waals surface area contributed by atoms with E-state index in [0.717, 1.165) is 19.0 Å². The highest BCUT2D eigenvalue weighted by Gasteiger charge is 2.26. The fraction of sp³-hybridized carbons (Fsp3) is 0.692. The predicted octanol–water partition coefficient (Wildman–Crippen LogP) is 0.946. The molecule has 96 valence electrons. The lowest BCUT2D eigenvalue weighted by molar-refractivity contribution is 0.164. The largest absolute Gasteiger partial charge is 0.367 e. The second-order valence-electron chi connectivity index (χ2n) is 4.88. The average Bonchev–Trinajstić information content (AvgIpc) is 2.86. The molecule has 17 heavy (non-hydrogen) atoms. The van der Waals surface area contributed by atoms with Gasteiger partial charge < -0.3 is 20.9 Å². The summed E-state index contributed by atoms with van der Waals surface area (Å²) < 4.78 is 0. The van der Waals surface area contributed by atoms with Gasteiger partial charge in [0.05, 0.1) is 0 Å². The Morgan fingerprint density at radius 2 is 2.29 bits per heavy atom. The Balaban J connectivity index is 1.90. The highest BCUT2D eigenvalue weighted by atomic mass is 15.1. The first-order valence-electron chi connectivity index (χ1n) is 6.57. The van der Waals surface area contributed by atoms with Crippen LogP contribution < -0.4 is 11.1 Å². The maximum Gasteiger partial charge on any atom is 0.0362 e. The lowest BCUT2D eigenvalue weighted by Gasteiger charge is -2.35. The smallest absolute Gasteiger partial charge is 0.0362 e. The minimum atomic E-state index is 0.487. The summed E-state index contributed by atoms with van der Waals surface area (Å²) in [7, 11) is 2.06. The molecule has 1 aromatic rings. The predicted molar refractivity (Wildman–Crippen MR) is 70.8 cm³/mol. The SMILES string of the molecule is CNC(c1cc[nH]c1)C1CCN(CCN)CC1. The number of hydrogen-bond acceptors (Lipinski definition) is 3. The third kappa shape index (κ3) is 3.09. The number of nitrogens with two attached hydrogens (primary N) is 1. The Bertz CT molecular complexity index is 301. The fourth-order valence-corrected chi connectivity index (χ4v) is 2.90. The van der Waals surface area contributed by atoms with Crippen LogP contribution in [0, 0.1) is 5.92 Å². The molecule has 1 saturated heterocycles. The van der Waals surface area contributed by atoms with Crippen LogP contribution in [0.1, 0.15) is 24.4 Å². The summed E-state index contributed by atoms with van der Waals surface area (Å²) in [6, 6.07) is 2.66. The second-order valence-corrected chi connectivity index (χ2v) is 4.88. The number of aromatic amines is 1. The maximum atomic E-state index is 5.60. The van der Waals surface area contributed by atoms with E-state index >= 15 is 0 Å². The minimum absolute atomic E-state index is 0.487. The van der Waals surface area contributed by atoms with Crippen LogP contribution in [0.5, 0.6) is 0 Å². The van der Waals surface area contributed by atoms with Gasteiger partial charge >= 0.3 is 0 Å². The van der Waals surface area contributed by atoms with E-state index < -0.39 is 0 Å². The molecule has 1 aromatic heterocycles. The number of nitrogens with zero attached hydrogens (tertiary/aromatic N) is 1. The lowest BCUT2D eigenvalue weighted by atomic mass is 9.86. The van der Waals surface area contributed by atoms with E-state index in [1.54, 1.807) is 0 Å². The normalized spacial score (nSPS) is 20.6. The molecule has 0 radical (unpaired) electrons. The Morgan fingerprint density at radius 1 is 1.53 bits per heavy atom. The molecule has 2 heterocycles. The van der Waals surface area contributed by atoms with Crippen molar-refractivity contribution >= 4 is 0 Å².